The van der Waals surface area contributed by atoms with Crippen LogP contribution in [0.5, 0.6) is 0 Å². The molecule has 1 aromatic rings. The van der Waals surface area contributed by atoms with Gasteiger partial charge in [0.1, 0.15) is 18.3 Å². The van der Waals surface area contributed by atoms with Crippen LogP contribution in [0.4, 0.5) is 0 Å². The van der Waals surface area contributed by atoms with Crippen LogP contribution in [0.2, 0.25) is 0 Å². The van der Waals surface area contributed by atoms with E-state index >= 15 is 0 Å². The summed E-state index contributed by atoms with van der Waals surface area (Å²) in [5.41, 5.74) is -4.01. The molecule has 0 aliphatic rings. The van der Waals surface area contributed by atoms with Gasteiger partial charge in [0.2, 0.25) is 0 Å². The first-order valence-corrected chi connectivity index (χ1v) is 8.47. The standard InChI is InChI=1S/C18H21N3O9/c1-4-10(22)13(25)7-19-16(28)20(8-14(26)11(23)5-2)18(30)21(17(19)29)9-15(27)12(24)6-3/h4-6,13-15,25-27H,1-3,7-9H2. The second kappa shape index (κ2) is 10.3. The monoisotopic (exact) mass is 423 g/mol. The summed E-state index contributed by atoms with van der Waals surface area (Å²) >= 11 is 0. The van der Waals surface area contributed by atoms with E-state index in [1.54, 1.807) is 0 Å². The van der Waals surface area contributed by atoms with E-state index in [-0.39, 0.29) is 0 Å². The third kappa shape index (κ3) is 5.31. The molecule has 162 valence electrons. The average Bonchev–Trinajstić information content (AvgIpc) is 2.74. The molecule has 0 saturated heterocycles. The maximum atomic E-state index is 12.6. The number of ketones is 3. The Balaban J connectivity index is 3.69. The number of aliphatic hydroxyl groups is 3. The van der Waals surface area contributed by atoms with E-state index in [1.165, 1.54) is 0 Å². The van der Waals surface area contributed by atoms with Gasteiger partial charge in [-0.15, -0.1) is 0 Å². The molecule has 3 N–H and O–H groups in total. The Bertz CT molecular complexity index is 897. The quantitative estimate of drug-likeness (QED) is 0.288. The fourth-order valence-corrected chi connectivity index (χ4v) is 2.35. The maximum Gasteiger partial charge on any atom is 0.336 e. The number of aromatic nitrogens is 3. The van der Waals surface area contributed by atoms with Gasteiger partial charge in [-0.2, -0.15) is 0 Å². The number of hydrogen-bond donors (Lipinski definition) is 3. The van der Waals surface area contributed by atoms with Crippen molar-refractivity contribution in [1.29, 1.82) is 0 Å². The van der Waals surface area contributed by atoms with Crippen LogP contribution in [0.15, 0.2) is 52.3 Å². The smallest absolute Gasteiger partial charge is 0.336 e. The average molecular weight is 423 g/mol. The lowest BCUT2D eigenvalue weighted by atomic mass is 10.2. The Kier molecular flexibility index (Phi) is 8.46. The number of carbonyl (C=O) groups is 3. The molecule has 0 fully saturated rings. The highest BCUT2D eigenvalue weighted by atomic mass is 16.3. The summed E-state index contributed by atoms with van der Waals surface area (Å²) in [6.07, 6.45) is -3.35. The van der Waals surface area contributed by atoms with Gasteiger partial charge in [0, 0.05) is 0 Å². The molecule has 30 heavy (non-hydrogen) atoms. The number of rotatable bonds is 12. The van der Waals surface area contributed by atoms with Gasteiger partial charge in [-0.3, -0.25) is 14.4 Å². The third-order valence-electron chi connectivity index (χ3n) is 4.04. The lowest BCUT2D eigenvalue weighted by Gasteiger charge is -2.17. The Morgan fingerprint density at radius 3 is 1.00 bits per heavy atom. The largest absolute Gasteiger partial charge is 0.383 e. The Morgan fingerprint density at radius 1 is 0.633 bits per heavy atom. The van der Waals surface area contributed by atoms with Crippen LogP contribution < -0.4 is 17.1 Å². The van der Waals surface area contributed by atoms with Crippen LogP contribution in [0.3, 0.4) is 0 Å². The molecule has 0 saturated carbocycles. The molecule has 3 unspecified atom stereocenters. The molecule has 0 aliphatic carbocycles. The van der Waals surface area contributed by atoms with Gasteiger partial charge < -0.3 is 15.3 Å². The highest BCUT2D eigenvalue weighted by Gasteiger charge is 2.24. The van der Waals surface area contributed by atoms with Crippen molar-refractivity contribution in [3.8, 4) is 0 Å². The van der Waals surface area contributed by atoms with Crippen LogP contribution >= 0.6 is 0 Å². The summed E-state index contributed by atoms with van der Waals surface area (Å²) in [4.78, 5) is 72.4. The van der Waals surface area contributed by atoms with Gasteiger partial charge in [0.25, 0.3) is 0 Å². The molecule has 0 spiro atoms. The number of carbonyl (C=O) groups excluding carboxylic acids is 3. The molecule has 12 heteroatoms. The molecule has 1 aromatic heterocycles. The normalized spacial score (nSPS) is 13.7. The summed E-state index contributed by atoms with van der Waals surface area (Å²) in [7, 11) is 0. The third-order valence-corrected chi connectivity index (χ3v) is 4.04. The molecule has 0 radical (unpaired) electrons. The molecular weight excluding hydrogens is 402 g/mol. The van der Waals surface area contributed by atoms with Crippen molar-refractivity contribution in [3.63, 3.8) is 0 Å². The van der Waals surface area contributed by atoms with Gasteiger partial charge >= 0.3 is 17.1 Å². The maximum absolute atomic E-state index is 12.6. The second-order valence-electron chi connectivity index (χ2n) is 6.05. The summed E-state index contributed by atoms with van der Waals surface area (Å²) in [6.45, 7) is 6.81. The molecule has 3 atom stereocenters. The van der Waals surface area contributed by atoms with Crippen molar-refractivity contribution >= 4 is 17.3 Å². The van der Waals surface area contributed by atoms with Crippen LogP contribution in [0.25, 0.3) is 0 Å². The zero-order valence-electron chi connectivity index (χ0n) is 15.8. The molecule has 12 nitrogen and oxygen atoms in total. The molecule has 0 aliphatic heterocycles. The first-order valence-electron chi connectivity index (χ1n) is 8.47. The zero-order chi connectivity index (χ0) is 23.2. The van der Waals surface area contributed by atoms with Crippen molar-refractivity contribution < 1.29 is 29.7 Å². The predicted octanol–water partition coefficient (Wildman–Crippen LogP) is -3.48. The van der Waals surface area contributed by atoms with Gasteiger partial charge in [0.15, 0.2) is 17.3 Å². The highest BCUT2D eigenvalue weighted by Crippen LogP contribution is 1.94. The lowest BCUT2D eigenvalue weighted by Crippen LogP contribution is -2.58. The Labute approximate surface area is 168 Å². The van der Waals surface area contributed by atoms with E-state index in [9.17, 15) is 44.1 Å². The molecule has 1 rings (SSSR count). The summed E-state index contributed by atoms with van der Waals surface area (Å²) in [5.74, 6) is -2.77. The van der Waals surface area contributed by atoms with E-state index in [2.05, 4.69) is 19.7 Å². The van der Waals surface area contributed by atoms with Crippen molar-refractivity contribution in [2.24, 2.45) is 0 Å². The Hall–Kier alpha value is -3.48. The molecule has 1 heterocycles. The van der Waals surface area contributed by atoms with Gasteiger partial charge in [-0.25, -0.2) is 28.1 Å². The van der Waals surface area contributed by atoms with Crippen LogP contribution in [-0.2, 0) is 34.0 Å². The van der Waals surface area contributed by atoms with E-state index in [0.29, 0.717) is 13.7 Å². The molecule has 0 amide bonds. The van der Waals surface area contributed by atoms with Crippen molar-refractivity contribution in [2.75, 3.05) is 0 Å². The van der Waals surface area contributed by atoms with Crippen molar-refractivity contribution in [3.05, 3.63) is 69.4 Å². The van der Waals surface area contributed by atoms with E-state index in [0.717, 1.165) is 18.2 Å². The fraction of sp³-hybridized carbons (Fsp3) is 0.333. The second-order valence-corrected chi connectivity index (χ2v) is 6.05. The topological polar surface area (TPSA) is 178 Å². The fourth-order valence-electron chi connectivity index (χ4n) is 2.35. The van der Waals surface area contributed by atoms with E-state index in [4.69, 9.17) is 0 Å². The summed E-state index contributed by atoms with van der Waals surface area (Å²) in [6, 6.07) is 0. The summed E-state index contributed by atoms with van der Waals surface area (Å²) < 4.78 is 0.886. The van der Waals surface area contributed by atoms with Crippen LogP contribution in [0.1, 0.15) is 0 Å². The first-order chi connectivity index (χ1) is 14.0. The Morgan fingerprint density at radius 2 is 0.833 bits per heavy atom. The zero-order valence-corrected chi connectivity index (χ0v) is 15.8. The highest BCUT2D eigenvalue weighted by molar-refractivity contribution is 5.93. The van der Waals surface area contributed by atoms with Gasteiger partial charge in [-0.1, -0.05) is 19.7 Å². The minimum absolute atomic E-state index is 0.295. The first kappa shape index (κ1) is 24.6. The SMILES string of the molecule is C=CC(=O)C(O)Cn1c(=O)n(CC(O)C(=O)C=C)c(=O)n(CC(O)C(=O)C=C)c1=O. The van der Waals surface area contributed by atoms with Crippen molar-refractivity contribution in [1.82, 2.24) is 13.7 Å². The molecule has 0 aromatic carbocycles. The number of aliphatic hydroxyl groups excluding tert-OH is 3. The van der Waals surface area contributed by atoms with Crippen LogP contribution in [-0.4, -0.2) is 64.7 Å². The molecular formula is C18H21N3O9. The predicted molar refractivity (Wildman–Crippen MR) is 103 cm³/mol. The number of hydrogen-bond acceptors (Lipinski definition) is 9. The van der Waals surface area contributed by atoms with Crippen molar-refractivity contribution in [2.45, 2.75) is 37.9 Å². The van der Waals surface area contributed by atoms with E-state index < -0.39 is 72.4 Å². The van der Waals surface area contributed by atoms with Crippen LogP contribution in [0, 0.1) is 0 Å². The lowest BCUT2D eigenvalue weighted by molar-refractivity contribution is -0.123. The van der Waals surface area contributed by atoms with Gasteiger partial charge in [0.05, 0.1) is 19.6 Å². The molecule has 0 bridgehead atoms. The van der Waals surface area contributed by atoms with E-state index in [1.807, 2.05) is 0 Å². The minimum Gasteiger partial charge on any atom is -0.383 e. The summed E-state index contributed by atoms with van der Waals surface area (Å²) in [5, 5.41) is 29.5. The number of nitrogens with zero attached hydrogens (tertiary/aromatic N) is 3. The minimum atomic E-state index is -1.87. The van der Waals surface area contributed by atoms with Gasteiger partial charge in [-0.05, 0) is 18.2 Å².